The molecule has 0 spiro atoms. The highest BCUT2D eigenvalue weighted by atomic mass is 27.2. The molecule has 0 radical (unpaired) electrons. The molecule has 0 atom stereocenters. The van der Waals surface area contributed by atoms with Crippen molar-refractivity contribution < 1.29 is 30.7 Å². The molecule has 8 heteroatoms. The summed E-state index contributed by atoms with van der Waals surface area (Å²) in [5, 5.41) is -2.48. The average Bonchev–Trinajstić information content (AvgIpc) is 2.39. The molecule has 0 aliphatic heterocycles. The molecule has 0 aliphatic carbocycles. The largest absolute Gasteiger partial charge is 0.305 e. The first-order valence-electron chi connectivity index (χ1n) is 5.52. The van der Waals surface area contributed by atoms with Crippen molar-refractivity contribution in [2.45, 2.75) is 11.6 Å². The van der Waals surface area contributed by atoms with E-state index in [0.29, 0.717) is 0 Å². The predicted molar refractivity (Wildman–Crippen MR) is 60.8 cm³/mol. The fourth-order valence-electron chi connectivity index (χ4n) is 2.07. The third kappa shape index (κ3) is 1.90. The smallest absolute Gasteiger partial charge is 0.205 e. The van der Waals surface area contributed by atoms with Crippen LogP contribution in [0.2, 0.25) is 11.6 Å². The van der Waals surface area contributed by atoms with Gasteiger partial charge in [0.2, 0.25) is 0 Å². The minimum absolute atomic E-state index is 0.616. The predicted octanol–water partition coefficient (Wildman–Crippen LogP) is 3.77. The van der Waals surface area contributed by atoms with E-state index in [1.54, 1.807) is 0 Å². The zero-order valence-electron chi connectivity index (χ0n) is 10.2. The van der Waals surface area contributed by atoms with Crippen molar-refractivity contribution in [3.05, 3.63) is 40.7 Å². The van der Waals surface area contributed by atoms with Gasteiger partial charge in [-0.2, -0.15) is 0 Å². The zero-order chi connectivity index (χ0) is 15.4. The molecule has 0 saturated carbocycles. The van der Waals surface area contributed by atoms with Crippen molar-refractivity contribution in [1.29, 1.82) is 0 Å². The summed E-state index contributed by atoms with van der Waals surface area (Å²) in [5.41, 5.74) is 0. The lowest BCUT2D eigenvalue weighted by Gasteiger charge is -2.14. The maximum Gasteiger partial charge on any atom is 0.305 e. The van der Waals surface area contributed by atoms with Crippen LogP contribution in [0.25, 0.3) is 10.8 Å². The maximum absolute atomic E-state index is 13.7. The van der Waals surface area contributed by atoms with Crippen molar-refractivity contribution >= 4 is 29.3 Å². The van der Waals surface area contributed by atoms with E-state index in [1.165, 1.54) is 11.6 Å². The summed E-state index contributed by atoms with van der Waals surface area (Å²) in [6.07, 6.45) is 0. The van der Waals surface area contributed by atoms with E-state index in [9.17, 15) is 30.7 Å². The topological polar surface area (TPSA) is 0 Å². The van der Waals surface area contributed by atoms with E-state index < -0.39 is 70.1 Å². The average molecular weight is 310 g/mol. The highest BCUT2D eigenvalue weighted by Crippen LogP contribution is 2.30. The van der Waals surface area contributed by atoms with Crippen LogP contribution in [0.5, 0.6) is 0 Å². The summed E-state index contributed by atoms with van der Waals surface area (Å²) < 4.78 is 93.7. The van der Waals surface area contributed by atoms with Crippen LogP contribution in [0.15, 0.2) is 0 Å². The lowest BCUT2D eigenvalue weighted by molar-refractivity contribution is 0.411. The van der Waals surface area contributed by atoms with Gasteiger partial charge in [-0.1, -0.05) is 4.43 Å². The van der Waals surface area contributed by atoms with E-state index >= 15 is 0 Å². The van der Waals surface area contributed by atoms with Crippen LogP contribution in [0.3, 0.4) is 0 Å². The molecule has 0 aliphatic rings. The Bertz CT molecular complexity index is 716. The molecule has 2 aromatic rings. The highest BCUT2D eigenvalue weighted by molar-refractivity contribution is 6.73. The summed E-state index contributed by atoms with van der Waals surface area (Å²) in [6.45, 7) is 0. The van der Waals surface area contributed by atoms with E-state index in [1.807, 2.05) is 0 Å². The molecule has 2 aromatic carbocycles. The minimum atomic E-state index is -2.33. The van der Waals surface area contributed by atoms with Crippen molar-refractivity contribution in [2.75, 3.05) is 0 Å². The second-order valence-electron chi connectivity index (χ2n) is 4.52. The van der Waals surface area contributed by atoms with E-state index in [2.05, 4.69) is 0 Å². The molecule has 0 bridgehead atoms. The standard InChI is InChI=1S/C10F7.2CH3.Al/c11-3-1-2-4(7(14)6(3)13)8(15)10(17)9(16)5(2)12;;;/h;2*1H3;. The number of hydrogen-bond donors (Lipinski definition) is 0. The van der Waals surface area contributed by atoms with Crippen LogP contribution in [0.4, 0.5) is 30.7 Å². The lowest BCUT2D eigenvalue weighted by atomic mass is 10.1. The molecule has 0 amide bonds. The van der Waals surface area contributed by atoms with Crippen LogP contribution in [-0.2, 0) is 0 Å². The van der Waals surface area contributed by atoms with E-state index in [-0.39, 0.29) is 0 Å². The third-order valence-corrected chi connectivity index (χ3v) is 4.65. The molecule has 0 unspecified atom stereocenters. The first-order chi connectivity index (χ1) is 9.20. The molecule has 0 saturated heterocycles. The van der Waals surface area contributed by atoms with Crippen LogP contribution < -0.4 is 4.43 Å². The van der Waals surface area contributed by atoms with Gasteiger partial charge >= 0.3 is 14.1 Å². The fraction of sp³-hybridized carbons (Fsp3) is 0.167. The van der Waals surface area contributed by atoms with Gasteiger partial charge in [0.1, 0.15) is 5.82 Å². The Morgan fingerprint density at radius 2 is 0.850 bits per heavy atom. The summed E-state index contributed by atoms with van der Waals surface area (Å²) >= 11 is -2.33. The molecule has 0 aromatic heterocycles. The van der Waals surface area contributed by atoms with Crippen molar-refractivity contribution in [2.24, 2.45) is 0 Å². The monoisotopic (exact) mass is 310 g/mol. The molecule has 106 valence electrons. The van der Waals surface area contributed by atoms with Gasteiger partial charge in [-0.15, -0.1) is 11.6 Å². The van der Waals surface area contributed by atoms with Gasteiger partial charge in [0.25, 0.3) is 0 Å². The van der Waals surface area contributed by atoms with Crippen molar-refractivity contribution in [3.63, 3.8) is 0 Å². The van der Waals surface area contributed by atoms with Crippen molar-refractivity contribution in [1.82, 2.24) is 0 Å². The van der Waals surface area contributed by atoms with Gasteiger partial charge in [-0.3, -0.25) is 0 Å². The quantitative estimate of drug-likeness (QED) is 0.325. The van der Waals surface area contributed by atoms with Gasteiger partial charge in [-0.25, -0.2) is 30.7 Å². The van der Waals surface area contributed by atoms with Gasteiger partial charge in [0.15, 0.2) is 34.9 Å². The zero-order valence-corrected chi connectivity index (χ0v) is 11.4. The highest BCUT2D eigenvalue weighted by Gasteiger charge is 2.31. The maximum atomic E-state index is 13.7. The van der Waals surface area contributed by atoms with Gasteiger partial charge in [0, 0.05) is 5.39 Å². The van der Waals surface area contributed by atoms with Crippen LogP contribution >= 0.6 is 0 Å². The van der Waals surface area contributed by atoms with Gasteiger partial charge in [-0.05, 0) is 0 Å². The molecule has 0 nitrogen and oxygen atoms in total. The molecule has 0 fully saturated rings. The molecule has 20 heavy (non-hydrogen) atoms. The second kappa shape index (κ2) is 4.94. The lowest BCUT2D eigenvalue weighted by Crippen LogP contribution is -2.30. The number of benzene rings is 2. The Hall–Kier alpha value is -1.26. The summed E-state index contributed by atoms with van der Waals surface area (Å²) in [5.74, 6) is -11.4. The van der Waals surface area contributed by atoms with Crippen LogP contribution in [0.1, 0.15) is 0 Å². The Morgan fingerprint density at radius 3 is 1.25 bits per heavy atom. The Labute approximate surface area is 113 Å². The first-order valence-corrected chi connectivity index (χ1v) is 8.40. The summed E-state index contributed by atoms with van der Waals surface area (Å²) in [6, 6.07) is 0. The molecular formula is C12H6AlF7. The van der Waals surface area contributed by atoms with E-state index in [0.717, 1.165) is 0 Å². The third-order valence-electron chi connectivity index (χ3n) is 2.96. The Kier molecular flexibility index (Phi) is 3.74. The number of rotatable bonds is 1. The minimum Gasteiger partial charge on any atom is -0.205 e. The molecule has 0 heterocycles. The molecule has 0 N–H and O–H groups in total. The van der Waals surface area contributed by atoms with Crippen molar-refractivity contribution in [3.8, 4) is 0 Å². The number of fused-ring (bicyclic) bond motifs is 1. The van der Waals surface area contributed by atoms with Crippen LogP contribution in [-0.4, -0.2) is 14.1 Å². The number of halogens is 7. The Balaban J connectivity index is 3.22. The van der Waals surface area contributed by atoms with Gasteiger partial charge in [0.05, 0.1) is 5.39 Å². The van der Waals surface area contributed by atoms with Gasteiger partial charge < -0.3 is 0 Å². The second-order valence-corrected chi connectivity index (χ2v) is 7.40. The SMILES string of the molecule is [CH3][Al]([CH3])[c]1c(F)c(F)c(F)c2c(F)c(F)c(F)c(F)c12. The number of hydrogen-bond acceptors (Lipinski definition) is 0. The summed E-state index contributed by atoms with van der Waals surface area (Å²) in [4.78, 5) is 0. The molecule has 2 rings (SSSR count). The molecular weight excluding hydrogens is 304 g/mol. The normalized spacial score (nSPS) is 11.2. The first kappa shape index (κ1) is 15.1. The summed E-state index contributed by atoms with van der Waals surface area (Å²) in [7, 11) is 0. The fourth-order valence-corrected chi connectivity index (χ4v) is 3.55. The van der Waals surface area contributed by atoms with E-state index in [4.69, 9.17) is 0 Å². The Morgan fingerprint density at radius 1 is 0.500 bits per heavy atom. The van der Waals surface area contributed by atoms with Crippen LogP contribution in [0, 0.1) is 40.7 Å².